The fourth-order valence-electron chi connectivity index (χ4n) is 0.957. The molecule has 0 atom stereocenters. The van der Waals surface area contributed by atoms with Crippen LogP contribution in [0.25, 0.3) is 0 Å². The molecular weight excluding hydrogens is 144 g/mol. The van der Waals surface area contributed by atoms with Crippen LogP contribution in [0, 0.1) is 25.7 Å². The van der Waals surface area contributed by atoms with Crippen LogP contribution < -0.4 is 0 Å². The molecule has 0 saturated heterocycles. The topological polar surface area (TPSA) is 0 Å². The summed E-state index contributed by atoms with van der Waals surface area (Å²) in [6.45, 7) is 7.57. The van der Waals surface area contributed by atoms with E-state index in [0.717, 1.165) is 32.1 Å². The van der Waals surface area contributed by atoms with Crippen molar-refractivity contribution in [2.24, 2.45) is 0 Å². The number of rotatable bonds is 6. The van der Waals surface area contributed by atoms with E-state index >= 15 is 0 Å². The maximum Gasteiger partial charge on any atom is 0.00886 e. The summed E-state index contributed by atoms with van der Waals surface area (Å²) in [4.78, 5) is 0. The highest BCUT2D eigenvalue weighted by Crippen LogP contribution is 2.01. The van der Waals surface area contributed by atoms with Gasteiger partial charge in [0.2, 0.25) is 0 Å². The second kappa shape index (κ2) is 10.6. The van der Waals surface area contributed by atoms with Crippen molar-refractivity contribution in [2.45, 2.75) is 51.4 Å². The maximum atomic E-state index is 3.80. The quantitative estimate of drug-likeness (QED) is 0.414. The van der Waals surface area contributed by atoms with Gasteiger partial charge in [-0.1, -0.05) is 39.5 Å². The van der Waals surface area contributed by atoms with Crippen LogP contribution in [-0.2, 0) is 0 Å². The van der Waals surface area contributed by atoms with Crippen LogP contribution >= 0.6 is 0 Å². The van der Waals surface area contributed by atoms with E-state index in [1.54, 1.807) is 0 Å². The van der Waals surface area contributed by atoms with E-state index < -0.39 is 0 Å². The van der Waals surface area contributed by atoms with Crippen LogP contribution in [0.4, 0.5) is 0 Å². The summed E-state index contributed by atoms with van der Waals surface area (Å²) in [6, 6.07) is 0. The maximum absolute atomic E-state index is 3.80. The Morgan fingerprint density at radius 2 is 1.25 bits per heavy atom. The minimum absolute atomic E-state index is 1.01. The Morgan fingerprint density at radius 1 is 0.667 bits per heavy atom. The molecular formula is C12H20. The summed E-state index contributed by atoms with van der Waals surface area (Å²) < 4.78 is 0. The summed E-state index contributed by atoms with van der Waals surface area (Å²) in [6.07, 6.45) is 9.09. The third-order valence-electron chi connectivity index (χ3n) is 1.73. The van der Waals surface area contributed by atoms with Gasteiger partial charge in [0.1, 0.15) is 0 Å². The molecule has 0 aliphatic rings. The van der Waals surface area contributed by atoms with Crippen LogP contribution in [0.5, 0.6) is 0 Å². The Hall–Kier alpha value is -0.440. The first-order valence-electron chi connectivity index (χ1n) is 4.96. The molecule has 0 unspecified atom stereocenters. The average molecular weight is 164 g/mol. The predicted octanol–water partition coefficient (Wildman–Crippen LogP) is 3.78. The Balaban J connectivity index is 2.99. The molecule has 0 aliphatic heterocycles. The largest absolute Gasteiger partial charge is 0.103 e. The highest BCUT2D eigenvalue weighted by atomic mass is 13.9. The molecule has 0 spiro atoms. The normalized spacial score (nSPS) is 9.17. The van der Waals surface area contributed by atoms with Gasteiger partial charge in [-0.2, -0.15) is 0 Å². The minimum atomic E-state index is 1.01. The fraction of sp³-hybridized carbons (Fsp3) is 0.667. The molecule has 0 rings (SSSR count). The first kappa shape index (κ1) is 11.6. The molecule has 0 saturated carbocycles. The van der Waals surface area contributed by atoms with Gasteiger partial charge in [-0.05, 0) is 12.8 Å². The van der Waals surface area contributed by atoms with Gasteiger partial charge in [-0.15, -0.1) is 11.8 Å². The third kappa shape index (κ3) is 9.56. The Labute approximate surface area is 77.8 Å². The summed E-state index contributed by atoms with van der Waals surface area (Å²) in [5, 5.41) is 0. The van der Waals surface area contributed by atoms with Crippen molar-refractivity contribution in [3.63, 3.8) is 0 Å². The van der Waals surface area contributed by atoms with Gasteiger partial charge in [0.15, 0.2) is 0 Å². The van der Waals surface area contributed by atoms with E-state index in [1.807, 2.05) is 0 Å². The molecule has 0 amide bonds. The second-order valence-electron chi connectivity index (χ2n) is 2.97. The van der Waals surface area contributed by atoms with E-state index in [1.165, 1.54) is 19.3 Å². The fourth-order valence-corrected chi connectivity index (χ4v) is 0.957. The van der Waals surface area contributed by atoms with Crippen molar-refractivity contribution < 1.29 is 0 Å². The molecule has 12 heavy (non-hydrogen) atoms. The number of hydrogen-bond acceptors (Lipinski definition) is 0. The molecule has 0 aliphatic carbocycles. The lowest BCUT2D eigenvalue weighted by atomic mass is 10.1. The summed E-state index contributed by atoms with van der Waals surface area (Å²) in [5.41, 5.74) is 0. The first-order chi connectivity index (χ1) is 5.91. The van der Waals surface area contributed by atoms with Gasteiger partial charge in [-0.3, -0.25) is 0 Å². The standard InChI is InChI=1S/C12H20/c1-3-5-7-9-11-12-10-8-6-4-2/h1-9,11H2. The molecule has 0 N–H and O–H groups in total. The van der Waals surface area contributed by atoms with Crippen molar-refractivity contribution in [3.8, 4) is 11.8 Å². The molecule has 0 fully saturated rings. The lowest BCUT2D eigenvalue weighted by Crippen LogP contribution is -1.74. The van der Waals surface area contributed by atoms with Crippen LogP contribution in [0.1, 0.15) is 51.4 Å². The van der Waals surface area contributed by atoms with Crippen LogP contribution in [0.2, 0.25) is 0 Å². The van der Waals surface area contributed by atoms with E-state index in [9.17, 15) is 0 Å². The summed E-state index contributed by atoms with van der Waals surface area (Å²) in [5.74, 6) is 6.34. The van der Waals surface area contributed by atoms with Crippen molar-refractivity contribution in [1.82, 2.24) is 0 Å². The second-order valence-corrected chi connectivity index (χ2v) is 2.97. The minimum Gasteiger partial charge on any atom is -0.103 e. The van der Waals surface area contributed by atoms with Crippen molar-refractivity contribution in [3.05, 3.63) is 13.8 Å². The Kier molecular flexibility index (Phi) is 10.2. The highest BCUT2D eigenvalue weighted by Gasteiger charge is 1.83. The molecule has 0 heteroatoms. The van der Waals surface area contributed by atoms with Gasteiger partial charge in [-0.25, -0.2) is 0 Å². The molecule has 0 aromatic carbocycles. The zero-order valence-electron chi connectivity index (χ0n) is 8.07. The van der Waals surface area contributed by atoms with Gasteiger partial charge >= 0.3 is 0 Å². The van der Waals surface area contributed by atoms with Crippen LogP contribution in [0.15, 0.2) is 0 Å². The molecule has 0 aromatic rings. The van der Waals surface area contributed by atoms with Gasteiger partial charge in [0.25, 0.3) is 0 Å². The third-order valence-corrected chi connectivity index (χ3v) is 1.73. The molecule has 0 heterocycles. The smallest absolute Gasteiger partial charge is 0.00886 e. The lowest BCUT2D eigenvalue weighted by Gasteiger charge is -1.91. The summed E-state index contributed by atoms with van der Waals surface area (Å²) >= 11 is 0. The Bertz CT molecular complexity index is 125. The van der Waals surface area contributed by atoms with Crippen molar-refractivity contribution >= 4 is 0 Å². The zero-order valence-corrected chi connectivity index (χ0v) is 8.07. The predicted molar refractivity (Wildman–Crippen MR) is 55.4 cm³/mol. The monoisotopic (exact) mass is 164 g/mol. The van der Waals surface area contributed by atoms with Crippen LogP contribution in [0.3, 0.4) is 0 Å². The molecule has 0 aromatic heterocycles. The van der Waals surface area contributed by atoms with Crippen molar-refractivity contribution in [2.75, 3.05) is 0 Å². The van der Waals surface area contributed by atoms with Gasteiger partial charge in [0.05, 0.1) is 0 Å². The highest BCUT2D eigenvalue weighted by molar-refractivity contribution is 4.98. The molecule has 0 bridgehead atoms. The molecule has 68 valence electrons. The first-order valence-corrected chi connectivity index (χ1v) is 4.96. The van der Waals surface area contributed by atoms with Gasteiger partial charge in [0, 0.05) is 12.8 Å². The van der Waals surface area contributed by atoms with E-state index in [4.69, 9.17) is 0 Å². The van der Waals surface area contributed by atoms with E-state index in [-0.39, 0.29) is 0 Å². The number of hydrogen-bond donors (Lipinski definition) is 0. The van der Waals surface area contributed by atoms with Gasteiger partial charge < -0.3 is 0 Å². The zero-order chi connectivity index (χ0) is 9.07. The van der Waals surface area contributed by atoms with Crippen LogP contribution in [-0.4, -0.2) is 0 Å². The van der Waals surface area contributed by atoms with E-state index in [0.29, 0.717) is 0 Å². The average Bonchev–Trinajstić information content (AvgIpc) is 2.10. The molecule has 2 radical (unpaired) electrons. The van der Waals surface area contributed by atoms with E-state index in [2.05, 4.69) is 25.7 Å². The SMILES string of the molecule is [CH2]CCCC#CCCCCC[CH2]. The summed E-state index contributed by atoms with van der Waals surface area (Å²) in [7, 11) is 0. The van der Waals surface area contributed by atoms with Crippen molar-refractivity contribution in [1.29, 1.82) is 0 Å². The Morgan fingerprint density at radius 3 is 1.83 bits per heavy atom. The molecule has 0 nitrogen and oxygen atoms in total. The lowest BCUT2D eigenvalue weighted by molar-refractivity contribution is 0.701. The number of unbranched alkanes of at least 4 members (excludes halogenated alkanes) is 6.